The lowest BCUT2D eigenvalue weighted by atomic mass is 9.96. The Morgan fingerprint density at radius 3 is 2.35 bits per heavy atom. The Morgan fingerprint density at radius 1 is 1.09 bits per heavy atom. The smallest absolute Gasteiger partial charge is 0.406 e. The summed E-state index contributed by atoms with van der Waals surface area (Å²) in [6, 6.07) is 10.5. The van der Waals surface area contributed by atoms with Crippen LogP contribution in [0.3, 0.4) is 0 Å². The molecule has 1 aromatic heterocycles. The highest BCUT2D eigenvalue weighted by molar-refractivity contribution is 6.30. The van der Waals surface area contributed by atoms with E-state index in [2.05, 4.69) is 25.1 Å². The van der Waals surface area contributed by atoms with E-state index in [0.717, 1.165) is 12.1 Å². The summed E-state index contributed by atoms with van der Waals surface area (Å²) in [5, 5.41) is 8.99. The number of rotatable bonds is 6. The topological polar surface area (TPSA) is 79.7 Å². The molecule has 1 unspecified atom stereocenters. The zero-order chi connectivity index (χ0) is 24.3. The molecule has 4 rings (SSSR count). The molecule has 176 valence electrons. The first-order valence-electron chi connectivity index (χ1n) is 9.89. The Bertz CT molecular complexity index is 1190. The maximum absolute atomic E-state index is 13.4. The molecule has 0 saturated carbocycles. The SMILES string of the molecule is O=C(CN1CC(c2ncc(Cl)cn2)C(c2ccc(F)cc2)=N1)Nc1ccc(OC(F)(F)F)cc1. The molecule has 34 heavy (non-hydrogen) atoms. The zero-order valence-electron chi connectivity index (χ0n) is 17.3. The minimum atomic E-state index is -4.80. The highest BCUT2D eigenvalue weighted by Gasteiger charge is 2.32. The lowest BCUT2D eigenvalue weighted by Crippen LogP contribution is -2.29. The van der Waals surface area contributed by atoms with Gasteiger partial charge in [0, 0.05) is 18.1 Å². The fraction of sp³-hybridized carbons (Fsp3) is 0.182. The quantitative estimate of drug-likeness (QED) is 0.507. The van der Waals surface area contributed by atoms with Gasteiger partial charge in [0.15, 0.2) is 0 Å². The van der Waals surface area contributed by atoms with Crippen LogP contribution in [0.25, 0.3) is 0 Å². The van der Waals surface area contributed by atoms with Crippen molar-refractivity contribution in [2.45, 2.75) is 12.3 Å². The summed E-state index contributed by atoms with van der Waals surface area (Å²) in [6.07, 6.45) is -1.90. The molecule has 1 amide bonds. The van der Waals surface area contributed by atoms with E-state index >= 15 is 0 Å². The molecule has 2 aromatic carbocycles. The largest absolute Gasteiger partial charge is 0.573 e. The summed E-state index contributed by atoms with van der Waals surface area (Å²) in [6.45, 7) is 0.135. The number of nitrogens with one attached hydrogen (secondary N) is 1. The van der Waals surface area contributed by atoms with Crippen molar-refractivity contribution in [1.29, 1.82) is 0 Å². The van der Waals surface area contributed by atoms with E-state index in [1.807, 2.05) is 0 Å². The van der Waals surface area contributed by atoms with Crippen LogP contribution in [0.15, 0.2) is 66.0 Å². The molecule has 7 nitrogen and oxygen atoms in total. The zero-order valence-corrected chi connectivity index (χ0v) is 18.0. The monoisotopic (exact) mass is 493 g/mol. The average molecular weight is 494 g/mol. The number of ether oxygens (including phenoxy) is 1. The van der Waals surface area contributed by atoms with Gasteiger partial charge in [-0.1, -0.05) is 23.7 Å². The van der Waals surface area contributed by atoms with Crippen LogP contribution >= 0.6 is 11.6 Å². The summed E-state index contributed by atoms with van der Waals surface area (Å²) >= 11 is 5.88. The molecule has 1 aliphatic rings. The molecule has 2 heterocycles. The van der Waals surface area contributed by atoms with Crippen LogP contribution in [0.2, 0.25) is 5.02 Å². The van der Waals surface area contributed by atoms with E-state index < -0.39 is 29.8 Å². The second-order valence-corrected chi connectivity index (χ2v) is 7.71. The first-order valence-corrected chi connectivity index (χ1v) is 10.3. The number of anilines is 1. The number of carbonyl (C=O) groups excluding carboxylic acids is 1. The van der Waals surface area contributed by atoms with E-state index in [4.69, 9.17) is 11.6 Å². The highest BCUT2D eigenvalue weighted by Crippen LogP contribution is 2.28. The Balaban J connectivity index is 1.47. The maximum atomic E-state index is 13.4. The molecule has 1 N–H and O–H groups in total. The van der Waals surface area contributed by atoms with Crippen molar-refractivity contribution in [3.63, 3.8) is 0 Å². The summed E-state index contributed by atoms with van der Waals surface area (Å²) in [5.74, 6) is -1.19. The normalized spacial score (nSPS) is 15.7. The lowest BCUT2D eigenvalue weighted by Gasteiger charge is -2.15. The third-order valence-corrected chi connectivity index (χ3v) is 4.96. The number of alkyl halides is 3. The first kappa shape index (κ1) is 23.4. The Hall–Kier alpha value is -3.73. The predicted octanol–water partition coefficient (Wildman–Crippen LogP) is 4.61. The van der Waals surface area contributed by atoms with Gasteiger partial charge in [0.25, 0.3) is 0 Å². The van der Waals surface area contributed by atoms with E-state index in [0.29, 0.717) is 27.8 Å². The van der Waals surface area contributed by atoms with Crippen molar-refractivity contribution in [2.24, 2.45) is 5.10 Å². The maximum Gasteiger partial charge on any atom is 0.573 e. The minimum Gasteiger partial charge on any atom is -0.406 e. The standard InChI is InChI=1S/C22H16ClF4N5O2/c23-14-9-28-21(29-10-14)18-11-32(31-20(18)13-1-3-15(24)4-2-13)12-19(33)30-16-5-7-17(8-6-16)34-22(25,26)27/h1-10,18H,11-12H2,(H,30,33). The van der Waals surface area contributed by atoms with Gasteiger partial charge in [-0.05, 0) is 42.0 Å². The van der Waals surface area contributed by atoms with E-state index in [9.17, 15) is 22.4 Å². The molecule has 12 heteroatoms. The van der Waals surface area contributed by atoms with E-state index in [1.165, 1.54) is 41.7 Å². The summed E-state index contributed by atoms with van der Waals surface area (Å²) in [4.78, 5) is 21.0. The molecular formula is C22H16ClF4N5O2. The van der Waals surface area contributed by atoms with Gasteiger partial charge in [-0.25, -0.2) is 14.4 Å². The second kappa shape index (κ2) is 9.64. The van der Waals surface area contributed by atoms with E-state index in [-0.39, 0.29) is 13.1 Å². The molecular weight excluding hydrogens is 478 g/mol. The van der Waals surface area contributed by atoms with Crippen LogP contribution in [0, 0.1) is 5.82 Å². The Morgan fingerprint density at radius 2 is 1.74 bits per heavy atom. The van der Waals surface area contributed by atoms with Gasteiger partial charge in [0.2, 0.25) is 5.91 Å². The van der Waals surface area contributed by atoms with Gasteiger partial charge in [-0.2, -0.15) is 5.10 Å². The van der Waals surface area contributed by atoms with Crippen molar-refractivity contribution in [3.8, 4) is 5.75 Å². The fourth-order valence-corrected chi connectivity index (χ4v) is 3.45. The average Bonchev–Trinajstić information content (AvgIpc) is 3.18. The van der Waals surface area contributed by atoms with E-state index in [1.54, 1.807) is 12.1 Å². The third kappa shape index (κ3) is 5.98. The van der Waals surface area contributed by atoms with Crippen LogP contribution in [0.5, 0.6) is 5.75 Å². The number of halogens is 5. The Kier molecular flexibility index (Phi) is 6.64. The summed E-state index contributed by atoms with van der Waals surface area (Å²) in [5.41, 5.74) is 1.50. The molecule has 0 fully saturated rings. The number of hydrogen-bond donors (Lipinski definition) is 1. The number of carbonyl (C=O) groups is 1. The number of hydrazone groups is 1. The van der Waals surface area contributed by atoms with Crippen LogP contribution in [-0.4, -0.2) is 46.0 Å². The van der Waals surface area contributed by atoms with Crippen LogP contribution in [0.1, 0.15) is 17.3 Å². The number of nitrogens with zero attached hydrogens (tertiary/aromatic N) is 4. The molecule has 0 bridgehead atoms. The van der Waals surface area contributed by atoms with Crippen LogP contribution in [-0.2, 0) is 4.79 Å². The van der Waals surface area contributed by atoms with Crippen molar-refractivity contribution < 1.29 is 27.1 Å². The molecule has 0 radical (unpaired) electrons. The van der Waals surface area contributed by atoms with Crippen molar-refractivity contribution in [3.05, 3.63) is 83.2 Å². The number of amides is 1. The summed E-state index contributed by atoms with van der Waals surface area (Å²) < 4.78 is 54.1. The molecule has 0 aliphatic carbocycles. The molecule has 1 aliphatic heterocycles. The second-order valence-electron chi connectivity index (χ2n) is 7.27. The minimum absolute atomic E-state index is 0.143. The number of benzene rings is 2. The Labute approximate surface area is 196 Å². The fourth-order valence-electron chi connectivity index (χ4n) is 3.35. The van der Waals surface area contributed by atoms with Crippen molar-refractivity contribution in [1.82, 2.24) is 15.0 Å². The third-order valence-electron chi connectivity index (χ3n) is 4.76. The van der Waals surface area contributed by atoms with Gasteiger partial charge >= 0.3 is 6.36 Å². The predicted molar refractivity (Wildman–Crippen MR) is 116 cm³/mol. The van der Waals surface area contributed by atoms with Crippen LogP contribution < -0.4 is 10.1 Å². The number of hydrogen-bond acceptors (Lipinski definition) is 6. The van der Waals surface area contributed by atoms with Gasteiger partial charge < -0.3 is 10.1 Å². The first-order chi connectivity index (χ1) is 16.2. The summed E-state index contributed by atoms with van der Waals surface area (Å²) in [7, 11) is 0. The van der Waals surface area contributed by atoms with Crippen LogP contribution in [0.4, 0.5) is 23.2 Å². The van der Waals surface area contributed by atoms with Gasteiger partial charge in [-0.15, -0.1) is 13.2 Å². The van der Waals surface area contributed by atoms with Gasteiger partial charge in [0.1, 0.15) is 23.9 Å². The molecule has 0 spiro atoms. The number of aromatic nitrogens is 2. The van der Waals surface area contributed by atoms with Crippen molar-refractivity contribution in [2.75, 3.05) is 18.4 Å². The van der Waals surface area contributed by atoms with Gasteiger partial charge in [-0.3, -0.25) is 9.80 Å². The lowest BCUT2D eigenvalue weighted by molar-refractivity contribution is -0.274. The van der Waals surface area contributed by atoms with Crippen molar-refractivity contribution >= 4 is 28.9 Å². The molecule has 1 atom stereocenters. The molecule has 0 saturated heterocycles. The molecule has 3 aromatic rings. The van der Waals surface area contributed by atoms with Gasteiger partial charge in [0.05, 0.1) is 23.2 Å². The highest BCUT2D eigenvalue weighted by atomic mass is 35.5.